The van der Waals surface area contributed by atoms with Gasteiger partial charge < -0.3 is 20.5 Å². The Balaban J connectivity index is 0.00000288. The Morgan fingerprint density at radius 1 is 1.29 bits per heavy atom. The topological polar surface area (TPSA) is 76.8 Å². The summed E-state index contributed by atoms with van der Waals surface area (Å²) in [5, 5.41) is 2.89. The monoisotopic (exact) mass is 357 g/mol. The summed E-state index contributed by atoms with van der Waals surface area (Å²) >= 11 is 0. The van der Waals surface area contributed by atoms with Gasteiger partial charge in [-0.1, -0.05) is 0 Å². The number of hydrogen-bond acceptors (Lipinski definition) is 5. The van der Waals surface area contributed by atoms with Gasteiger partial charge in [0.25, 0.3) is 0 Å². The first-order valence-corrected chi connectivity index (χ1v) is 8.08. The second-order valence-corrected chi connectivity index (χ2v) is 5.87. The van der Waals surface area contributed by atoms with Crippen LogP contribution in [-0.2, 0) is 11.3 Å². The largest absolute Gasteiger partial charge is 0.497 e. The van der Waals surface area contributed by atoms with E-state index in [1.54, 1.807) is 14.2 Å². The number of benzene rings is 1. The zero-order valence-corrected chi connectivity index (χ0v) is 15.2. The van der Waals surface area contributed by atoms with E-state index in [0.29, 0.717) is 13.1 Å². The van der Waals surface area contributed by atoms with Gasteiger partial charge >= 0.3 is 0 Å². The molecule has 0 aromatic heterocycles. The molecule has 1 atom stereocenters. The molecule has 0 aliphatic carbocycles. The Morgan fingerprint density at radius 2 is 1.96 bits per heavy atom. The summed E-state index contributed by atoms with van der Waals surface area (Å²) in [6.07, 6.45) is 1.97. The van der Waals surface area contributed by atoms with Gasteiger partial charge in [-0.25, -0.2) is 0 Å². The summed E-state index contributed by atoms with van der Waals surface area (Å²) in [6, 6.07) is 5.89. The molecule has 136 valence electrons. The van der Waals surface area contributed by atoms with Crippen molar-refractivity contribution in [3.8, 4) is 11.5 Å². The van der Waals surface area contributed by atoms with Crippen molar-refractivity contribution >= 4 is 18.3 Å². The summed E-state index contributed by atoms with van der Waals surface area (Å²) in [7, 11) is 3.30. The maximum Gasteiger partial charge on any atom is 0.224 e. The van der Waals surface area contributed by atoms with Crippen molar-refractivity contribution in [3.05, 3.63) is 23.8 Å². The summed E-state index contributed by atoms with van der Waals surface area (Å²) in [4.78, 5) is 14.4. The lowest BCUT2D eigenvalue weighted by Gasteiger charge is -2.32. The smallest absolute Gasteiger partial charge is 0.224 e. The van der Waals surface area contributed by atoms with Crippen LogP contribution in [0, 0.1) is 5.92 Å². The zero-order valence-electron chi connectivity index (χ0n) is 14.4. The van der Waals surface area contributed by atoms with Crippen LogP contribution in [-0.4, -0.2) is 51.2 Å². The molecule has 0 saturated carbocycles. The van der Waals surface area contributed by atoms with Crippen LogP contribution in [0.3, 0.4) is 0 Å². The molecule has 0 spiro atoms. The molecule has 1 fully saturated rings. The normalized spacial score (nSPS) is 17.7. The molecule has 3 N–H and O–H groups in total. The quantitative estimate of drug-likeness (QED) is 0.771. The molecule has 0 bridgehead atoms. The third-order valence-electron chi connectivity index (χ3n) is 4.14. The molecule has 1 aromatic rings. The van der Waals surface area contributed by atoms with Crippen molar-refractivity contribution in [2.24, 2.45) is 11.7 Å². The average molecular weight is 358 g/mol. The summed E-state index contributed by atoms with van der Waals surface area (Å²) < 4.78 is 10.6. The molecule has 6 nitrogen and oxygen atoms in total. The second-order valence-electron chi connectivity index (χ2n) is 5.87. The van der Waals surface area contributed by atoms with E-state index in [4.69, 9.17) is 15.2 Å². The molecule has 1 amide bonds. The van der Waals surface area contributed by atoms with Gasteiger partial charge in [0.2, 0.25) is 5.91 Å². The Morgan fingerprint density at radius 3 is 2.54 bits per heavy atom. The molecule has 1 saturated heterocycles. The molecule has 2 rings (SSSR count). The number of methoxy groups -OCH3 is 2. The number of likely N-dealkylation sites (tertiary alicyclic amines) is 1. The fraction of sp³-hybridized carbons (Fsp3) is 0.588. The van der Waals surface area contributed by atoms with Crippen LogP contribution in [0.1, 0.15) is 18.4 Å². The van der Waals surface area contributed by atoms with Crippen LogP contribution in [0.4, 0.5) is 0 Å². The molecule has 1 aliphatic rings. The molecular weight excluding hydrogens is 330 g/mol. The number of halogens is 1. The van der Waals surface area contributed by atoms with Gasteiger partial charge in [-0.15, -0.1) is 12.4 Å². The van der Waals surface area contributed by atoms with Crippen molar-refractivity contribution in [3.63, 3.8) is 0 Å². The van der Waals surface area contributed by atoms with Crippen LogP contribution in [0.25, 0.3) is 0 Å². The number of nitrogens with zero attached hydrogens (tertiary/aromatic N) is 1. The zero-order chi connectivity index (χ0) is 16.7. The minimum Gasteiger partial charge on any atom is -0.497 e. The predicted octanol–water partition coefficient (Wildman–Crippen LogP) is 1.41. The fourth-order valence-corrected chi connectivity index (χ4v) is 2.97. The minimum absolute atomic E-state index is 0. The van der Waals surface area contributed by atoms with E-state index in [1.165, 1.54) is 0 Å². The number of rotatable bonds is 7. The van der Waals surface area contributed by atoms with E-state index in [1.807, 2.05) is 18.2 Å². The molecule has 1 unspecified atom stereocenters. The fourth-order valence-electron chi connectivity index (χ4n) is 2.97. The Hall–Kier alpha value is -1.50. The minimum atomic E-state index is 0. The maximum absolute atomic E-state index is 12.1. The highest BCUT2D eigenvalue weighted by Gasteiger charge is 2.25. The highest BCUT2D eigenvalue weighted by Crippen LogP contribution is 2.25. The first-order valence-electron chi connectivity index (χ1n) is 8.08. The van der Waals surface area contributed by atoms with Crippen molar-refractivity contribution in [2.45, 2.75) is 19.4 Å². The Labute approximate surface area is 150 Å². The second kappa shape index (κ2) is 10.4. The van der Waals surface area contributed by atoms with Crippen molar-refractivity contribution in [2.75, 3.05) is 40.4 Å². The van der Waals surface area contributed by atoms with Gasteiger partial charge in [0.1, 0.15) is 11.5 Å². The van der Waals surface area contributed by atoms with Crippen LogP contribution < -0.4 is 20.5 Å². The van der Waals surface area contributed by atoms with Crippen molar-refractivity contribution < 1.29 is 14.3 Å². The van der Waals surface area contributed by atoms with E-state index >= 15 is 0 Å². The van der Waals surface area contributed by atoms with Gasteiger partial charge in [0.15, 0.2) is 0 Å². The number of amides is 1. The van der Waals surface area contributed by atoms with Crippen LogP contribution in [0.2, 0.25) is 0 Å². The molecule has 1 heterocycles. The van der Waals surface area contributed by atoms with Crippen LogP contribution in [0.5, 0.6) is 11.5 Å². The average Bonchev–Trinajstić information content (AvgIpc) is 2.59. The highest BCUT2D eigenvalue weighted by molar-refractivity contribution is 5.85. The molecule has 1 aromatic carbocycles. The Bertz CT molecular complexity index is 506. The first kappa shape index (κ1) is 20.5. The SMILES string of the molecule is COc1cc(CN2CCCC(C(=O)NCCN)C2)cc(OC)c1.Cl. The highest BCUT2D eigenvalue weighted by atomic mass is 35.5. The van der Waals surface area contributed by atoms with E-state index < -0.39 is 0 Å². The molecule has 0 radical (unpaired) electrons. The van der Waals surface area contributed by atoms with Gasteiger partial charge in [-0.2, -0.15) is 0 Å². The van der Waals surface area contributed by atoms with Gasteiger partial charge in [0.05, 0.1) is 20.1 Å². The standard InChI is InChI=1S/C17H27N3O3.ClH/c1-22-15-8-13(9-16(10-15)23-2)11-20-7-3-4-14(12-20)17(21)19-6-5-18;/h8-10,14H,3-7,11-12,18H2,1-2H3,(H,19,21);1H. The van der Waals surface area contributed by atoms with Crippen LogP contribution in [0.15, 0.2) is 18.2 Å². The van der Waals surface area contributed by atoms with Crippen molar-refractivity contribution in [1.82, 2.24) is 10.2 Å². The lowest BCUT2D eigenvalue weighted by molar-refractivity contribution is -0.126. The number of nitrogens with two attached hydrogens (primary N) is 1. The van der Waals surface area contributed by atoms with E-state index in [-0.39, 0.29) is 24.2 Å². The molecule has 1 aliphatic heterocycles. The summed E-state index contributed by atoms with van der Waals surface area (Å²) in [6.45, 7) is 3.58. The van der Waals surface area contributed by atoms with Gasteiger partial charge in [-0.3, -0.25) is 9.69 Å². The lowest BCUT2D eigenvalue weighted by Crippen LogP contribution is -2.43. The summed E-state index contributed by atoms with van der Waals surface area (Å²) in [5.41, 5.74) is 6.57. The number of carbonyl (C=O) groups is 1. The van der Waals surface area contributed by atoms with Crippen molar-refractivity contribution in [1.29, 1.82) is 0 Å². The first-order chi connectivity index (χ1) is 11.2. The Kier molecular flexibility index (Phi) is 8.89. The van der Waals surface area contributed by atoms with E-state index in [2.05, 4.69) is 10.2 Å². The molecule has 24 heavy (non-hydrogen) atoms. The molecular formula is C17H28ClN3O3. The van der Waals surface area contributed by atoms with Gasteiger partial charge in [-0.05, 0) is 37.1 Å². The number of piperidine rings is 1. The number of hydrogen-bond donors (Lipinski definition) is 2. The van der Waals surface area contributed by atoms with E-state index in [0.717, 1.165) is 49.5 Å². The van der Waals surface area contributed by atoms with Gasteiger partial charge in [0, 0.05) is 32.2 Å². The third-order valence-corrected chi connectivity index (χ3v) is 4.14. The van der Waals surface area contributed by atoms with E-state index in [9.17, 15) is 4.79 Å². The van der Waals surface area contributed by atoms with Crippen LogP contribution >= 0.6 is 12.4 Å². The number of nitrogens with one attached hydrogen (secondary N) is 1. The number of ether oxygens (including phenoxy) is 2. The predicted molar refractivity (Wildman–Crippen MR) is 96.9 cm³/mol. The summed E-state index contributed by atoms with van der Waals surface area (Å²) in [5.74, 6) is 1.73. The molecule has 7 heteroatoms. The number of carbonyl (C=O) groups excluding carboxylic acids is 1. The third kappa shape index (κ3) is 5.85. The maximum atomic E-state index is 12.1. The lowest BCUT2D eigenvalue weighted by atomic mass is 9.96.